The molecule has 0 bridgehead atoms. The first-order valence-corrected chi connectivity index (χ1v) is 6.88. The van der Waals surface area contributed by atoms with Crippen molar-refractivity contribution in [3.63, 3.8) is 0 Å². The smallest absolute Gasteiger partial charge is 0.0831 e. The fourth-order valence-electron chi connectivity index (χ4n) is 1.78. The maximum Gasteiger partial charge on any atom is 0.0831 e. The van der Waals surface area contributed by atoms with E-state index < -0.39 is 0 Å². The first-order chi connectivity index (χ1) is 8.70. The Morgan fingerprint density at radius 3 is 2.94 bits per heavy atom. The molecule has 0 amide bonds. The van der Waals surface area contributed by atoms with E-state index in [9.17, 15) is 0 Å². The molecule has 18 heavy (non-hydrogen) atoms. The summed E-state index contributed by atoms with van der Waals surface area (Å²) in [6.45, 7) is 2.80. The molecule has 4 nitrogen and oxygen atoms in total. The van der Waals surface area contributed by atoms with Crippen molar-refractivity contribution < 1.29 is 0 Å². The highest BCUT2D eigenvalue weighted by Crippen LogP contribution is 2.21. The Balaban J connectivity index is 2.16. The molecular weight excluding hydrogens is 292 g/mol. The van der Waals surface area contributed by atoms with Gasteiger partial charge >= 0.3 is 0 Å². The lowest BCUT2D eigenvalue weighted by molar-refractivity contribution is 0.727. The van der Waals surface area contributed by atoms with Crippen LogP contribution >= 0.6 is 15.9 Å². The summed E-state index contributed by atoms with van der Waals surface area (Å²) in [5.41, 5.74) is 8.71. The highest BCUT2D eigenvalue weighted by atomic mass is 79.9. The lowest BCUT2D eigenvalue weighted by Crippen LogP contribution is -1.99. The van der Waals surface area contributed by atoms with E-state index in [1.54, 1.807) is 0 Å². The SMILES string of the molecule is Cc1ccc(Br)c(-n2cc(CCCCN)nn2)c1. The highest BCUT2D eigenvalue weighted by Gasteiger charge is 2.06. The van der Waals surface area contributed by atoms with Crippen LogP contribution in [0.3, 0.4) is 0 Å². The zero-order valence-electron chi connectivity index (χ0n) is 10.4. The van der Waals surface area contributed by atoms with Gasteiger partial charge in [0.05, 0.1) is 17.6 Å². The van der Waals surface area contributed by atoms with Gasteiger partial charge in [-0.3, -0.25) is 0 Å². The Labute approximate surface area is 115 Å². The zero-order valence-corrected chi connectivity index (χ0v) is 12.0. The molecule has 0 unspecified atom stereocenters. The lowest BCUT2D eigenvalue weighted by atomic mass is 10.2. The average Bonchev–Trinajstić information content (AvgIpc) is 2.81. The zero-order chi connectivity index (χ0) is 13.0. The number of unbranched alkanes of at least 4 members (excludes halogenated alkanes) is 1. The van der Waals surface area contributed by atoms with E-state index in [0.717, 1.165) is 41.7 Å². The van der Waals surface area contributed by atoms with Crippen molar-refractivity contribution in [3.8, 4) is 5.69 Å². The van der Waals surface area contributed by atoms with E-state index in [2.05, 4.69) is 45.3 Å². The van der Waals surface area contributed by atoms with Gasteiger partial charge in [0.25, 0.3) is 0 Å². The largest absolute Gasteiger partial charge is 0.330 e. The van der Waals surface area contributed by atoms with Crippen molar-refractivity contribution in [1.82, 2.24) is 15.0 Å². The third-order valence-electron chi connectivity index (χ3n) is 2.78. The molecule has 1 heterocycles. The third-order valence-corrected chi connectivity index (χ3v) is 3.45. The summed E-state index contributed by atoms with van der Waals surface area (Å²) in [7, 11) is 0. The summed E-state index contributed by atoms with van der Waals surface area (Å²) >= 11 is 3.54. The Morgan fingerprint density at radius 1 is 1.33 bits per heavy atom. The minimum Gasteiger partial charge on any atom is -0.330 e. The average molecular weight is 309 g/mol. The number of rotatable bonds is 5. The quantitative estimate of drug-likeness (QED) is 0.864. The van der Waals surface area contributed by atoms with Crippen LogP contribution in [0.25, 0.3) is 5.69 Å². The Morgan fingerprint density at radius 2 is 2.17 bits per heavy atom. The van der Waals surface area contributed by atoms with Crippen molar-refractivity contribution in [2.75, 3.05) is 6.54 Å². The molecule has 5 heteroatoms. The molecule has 0 radical (unpaired) electrons. The molecule has 1 aromatic carbocycles. The molecule has 0 saturated heterocycles. The number of hydrogen-bond acceptors (Lipinski definition) is 3. The maximum absolute atomic E-state index is 5.48. The molecule has 0 fully saturated rings. The van der Waals surface area contributed by atoms with E-state index in [0.29, 0.717) is 0 Å². The number of halogens is 1. The summed E-state index contributed by atoms with van der Waals surface area (Å²) in [4.78, 5) is 0. The van der Waals surface area contributed by atoms with E-state index in [1.807, 2.05) is 16.9 Å². The van der Waals surface area contributed by atoms with Gasteiger partial charge in [-0.25, -0.2) is 4.68 Å². The van der Waals surface area contributed by atoms with Gasteiger partial charge in [-0.05, 0) is 66.4 Å². The van der Waals surface area contributed by atoms with Crippen LogP contribution in [0.15, 0.2) is 28.9 Å². The standard InChI is InChI=1S/C13H17BrN4/c1-10-5-6-12(14)13(8-10)18-9-11(16-17-18)4-2-3-7-15/h5-6,8-9H,2-4,7,15H2,1H3. The van der Waals surface area contributed by atoms with Crippen LogP contribution in [0.1, 0.15) is 24.1 Å². The van der Waals surface area contributed by atoms with Gasteiger partial charge in [-0.1, -0.05) is 11.3 Å². The fraction of sp³-hybridized carbons (Fsp3) is 0.385. The topological polar surface area (TPSA) is 56.7 Å². The first-order valence-electron chi connectivity index (χ1n) is 6.08. The van der Waals surface area contributed by atoms with Crippen LogP contribution in [0, 0.1) is 6.92 Å². The van der Waals surface area contributed by atoms with Crippen LogP contribution in [0.5, 0.6) is 0 Å². The van der Waals surface area contributed by atoms with Gasteiger partial charge in [0, 0.05) is 4.47 Å². The molecule has 0 atom stereocenters. The van der Waals surface area contributed by atoms with Crippen LogP contribution in [-0.2, 0) is 6.42 Å². The van der Waals surface area contributed by atoms with E-state index >= 15 is 0 Å². The third kappa shape index (κ3) is 3.17. The number of benzene rings is 1. The second-order valence-electron chi connectivity index (χ2n) is 4.36. The lowest BCUT2D eigenvalue weighted by Gasteiger charge is -2.04. The van der Waals surface area contributed by atoms with Gasteiger partial charge in [-0.2, -0.15) is 0 Å². The van der Waals surface area contributed by atoms with Gasteiger partial charge in [0.15, 0.2) is 0 Å². The number of aryl methyl sites for hydroxylation is 2. The summed E-state index contributed by atoms with van der Waals surface area (Å²) in [5, 5.41) is 8.36. The molecule has 2 aromatic rings. The van der Waals surface area contributed by atoms with Crippen molar-refractivity contribution in [2.45, 2.75) is 26.2 Å². The van der Waals surface area contributed by atoms with Crippen molar-refractivity contribution in [1.29, 1.82) is 0 Å². The second-order valence-corrected chi connectivity index (χ2v) is 5.21. The monoisotopic (exact) mass is 308 g/mol. The van der Waals surface area contributed by atoms with Crippen molar-refractivity contribution in [2.24, 2.45) is 5.73 Å². The van der Waals surface area contributed by atoms with E-state index in [1.165, 1.54) is 5.56 Å². The predicted molar refractivity (Wildman–Crippen MR) is 75.8 cm³/mol. The van der Waals surface area contributed by atoms with Gasteiger partial charge in [0.2, 0.25) is 0 Å². The molecule has 2 N–H and O–H groups in total. The van der Waals surface area contributed by atoms with Gasteiger partial charge in [-0.15, -0.1) is 5.10 Å². The molecule has 96 valence electrons. The molecule has 0 spiro atoms. The van der Waals surface area contributed by atoms with Gasteiger partial charge in [0.1, 0.15) is 0 Å². The molecule has 0 aliphatic heterocycles. The van der Waals surface area contributed by atoms with E-state index in [-0.39, 0.29) is 0 Å². The number of nitrogens with two attached hydrogens (primary N) is 1. The minimum atomic E-state index is 0.734. The number of aromatic nitrogens is 3. The molecule has 1 aromatic heterocycles. The molecule has 0 saturated carbocycles. The minimum absolute atomic E-state index is 0.734. The first kappa shape index (κ1) is 13.2. The summed E-state index contributed by atoms with van der Waals surface area (Å²) < 4.78 is 2.83. The second kappa shape index (κ2) is 6.11. The van der Waals surface area contributed by atoms with E-state index in [4.69, 9.17) is 5.73 Å². The maximum atomic E-state index is 5.48. The number of nitrogens with zero attached hydrogens (tertiary/aromatic N) is 3. The van der Waals surface area contributed by atoms with Crippen LogP contribution < -0.4 is 5.73 Å². The Kier molecular flexibility index (Phi) is 4.49. The summed E-state index contributed by atoms with van der Waals surface area (Å²) in [5.74, 6) is 0. The van der Waals surface area contributed by atoms with Crippen LogP contribution in [0.4, 0.5) is 0 Å². The molecule has 0 aliphatic rings. The number of hydrogen-bond donors (Lipinski definition) is 1. The fourth-order valence-corrected chi connectivity index (χ4v) is 2.21. The molecule has 0 aliphatic carbocycles. The van der Waals surface area contributed by atoms with Crippen molar-refractivity contribution in [3.05, 3.63) is 40.1 Å². The van der Waals surface area contributed by atoms with Crippen LogP contribution in [0.2, 0.25) is 0 Å². The Bertz CT molecular complexity index is 521. The highest BCUT2D eigenvalue weighted by molar-refractivity contribution is 9.10. The van der Waals surface area contributed by atoms with Gasteiger partial charge < -0.3 is 5.73 Å². The predicted octanol–water partition coefficient (Wildman–Crippen LogP) is 2.62. The molecular formula is C13H17BrN4. The van der Waals surface area contributed by atoms with Crippen molar-refractivity contribution >= 4 is 15.9 Å². The molecule has 2 rings (SSSR count). The normalized spacial score (nSPS) is 10.8. The Hall–Kier alpha value is -1.20. The van der Waals surface area contributed by atoms with Crippen LogP contribution in [-0.4, -0.2) is 21.5 Å². The summed E-state index contributed by atoms with van der Waals surface area (Å²) in [6, 6.07) is 6.18. The summed E-state index contributed by atoms with van der Waals surface area (Å²) in [6.07, 6.45) is 5.00.